The summed E-state index contributed by atoms with van der Waals surface area (Å²) in [6.45, 7) is 22.0. The summed E-state index contributed by atoms with van der Waals surface area (Å²) in [7, 11) is -5.07. The maximum absolute atomic E-state index is 17.5. The molecular formula is C41H59FO7Si2. The smallest absolute Gasteiger partial charge is 0.372 e. The summed E-state index contributed by atoms with van der Waals surface area (Å²) in [4.78, 5) is 13.8. The molecule has 7 nitrogen and oxygen atoms in total. The Morgan fingerprint density at radius 2 is 1.20 bits per heavy atom. The molecule has 10 heteroatoms. The molecule has 51 heavy (non-hydrogen) atoms. The van der Waals surface area contributed by atoms with Crippen LogP contribution in [0.5, 0.6) is 0 Å². The minimum Gasteiger partial charge on any atom is -0.457 e. The maximum Gasteiger partial charge on any atom is 0.372 e. The van der Waals surface area contributed by atoms with Gasteiger partial charge in [0.1, 0.15) is 18.8 Å². The van der Waals surface area contributed by atoms with E-state index in [1.54, 1.807) is 0 Å². The SMILES string of the molecule is CC(C)(C)[Si](C)(C)O[C@H]1[C@@H]([C@@H](COCc2ccccc2)OCc2ccccc2)O[C@@](F)(C(=O)OCc2ccccc2)C[C@H]1O[Si](C)(C)C(C)(C)C. The second-order valence-electron chi connectivity index (χ2n) is 16.7. The summed E-state index contributed by atoms with van der Waals surface area (Å²) in [6, 6.07) is 28.8. The molecule has 0 aromatic heterocycles. The van der Waals surface area contributed by atoms with Crippen molar-refractivity contribution in [3.8, 4) is 0 Å². The normalized spacial score (nSPS) is 22.4. The van der Waals surface area contributed by atoms with E-state index < -0.39 is 52.9 Å². The number of hydrogen-bond donors (Lipinski definition) is 0. The third-order valence-electron chi connectivity index (χ3n) is 10.6. The molecule has 0 saturated carbocycles. The number of rotatable bonds is 15. The summed E-state index contributed by atoms with van der Waals surface area (Å²) < 4.78 is 56.6. The highest BCUT2D eigenvalue weighted by Gasteiger charge is 2.59. The van der Waals surface area contributed by atoms with Gasteiger partial charge in [-0.25, -0.2) is 4.79 Å². The van der Waals surface area contributed by atoms with Gasteiger partial charge in [-0.15, -0.1) is 0 Å². The zero-order valence-corrected chi connectivity index (χ0v) is 34.2. The van der Waals surface area contributed by atoms with Crippen LogP contribution in [0.2, 0.25) is 36.3 Å². The Kier molecular flexibility index (Phi) is 13.7. The van der Waals surface area contributed by atoms with Crippen molar-refractivity contribution in [3.05, 3.63) is 108 Å². The Bertz CT molecular complexity index is 1510. The van der Waals surface area contributed by atoms with Gasteiger partial charge in [0, 0.05) is 6.42 Å². The van der Waals surface area contributed by atoms with Crippen molar-refractivity contribution in [3.63, 3.8) is 0 Å². The van der Waals surface area contributed by atoms with Crippen LogP contribution < -0.4 is 0 Å². The molecule has 0 amide bonds. The van der Waals surface area contributed by atoms with Crippen LogP contribution in [0.1, 0.15) is 64.7 Å². The van der Waals surface area contributed by atoms with Gasteiger partial charge in [0.2, 0.25) is 0 Å². The Hall–Kier alpha value is -2.71. The van der Waals surface area contributed by atoms with E-state index in [9.17, 15) is 4.79 Å². The fourth-order valence-corrected chi connectivity index (χ4v) is 8.02. The molecule has 0 bridgehead atoms. The van der Waals surface area contributed by atoms with E-state index in [4.69, 9.17) is 27.8 Å². The highest BCUT2D eigenvalue weighted by Crippen LogP contribution is 2.46. The second kappa shape index (κ2) is 17.0. The Labute approximate surface area is 307 Å². The Morgan fingerprint density at radius 3 is 1.69 bits per heavy atom. The van der Waals surface area contributed by atoms with E-state index in [2.05, 4.69) is 67.7 Å². The number of benzene rings is 3. The van der Waals surface area contributed by atoms with Gasteiger partial charge in [-0.05, 0) is 53.0 Å². The van der Waals surface area contributed by atoms with Crippen LogP contribution in [-0.4, -0.2) is 59.5 Å². The standard InChI is InChI=1S/C41H59FO7Si2/c1-39(2,3)50(7,8)48-34-26-41(42,38(43)46-29-33-24-18-13-19-25-33)47-36(37(34)49-51(9,10)40(4,5)6)35(45-28-32-22-16-12-17-23-32)30-44-27-31-20-14-11-15-21-31/h11-25,34-37H,26-30H2,1-10H3/t34-,35-,36-,37-,41-/m1/s1. The van der Waals surface area contributed by atoms with Crippen LogP contribution in [0.4, 0.5) is 4.39 Å². The number of ether oxygens (including phenoxy) is 4. The molecule has 0 unspecified atom stereocenters. The average Bonchev–Trinajstić information content (AvgIpc) is 3.06. The monoisotopic (exact) mass is 738 g/mol. The predicted octanol–water partition coefficient (Wildman–Crippen LogP) is 9.77. The van der Waals surface area contributed by atoms with Crippen molar-refractivity contribution in [2.75, 3.05) is 6.61 Å². The van der Waals surface area contributed by atoms with Crippen LogP contribution in [0.15, 0.2) is 91.0 Å². The highest BCUT2D eigenvalue weighted by molar-refractivity contribution is 6.74. The number of halogens is 1. The van der Waals surface area contributed by atoms with Crippen molar-refractivity contribution < 1.29 is 37.0 Å². The summed E-state index contributed by atoms with van der Waals surface area (Å²) in [5, 5.41) is -0.376. The molecule has 1 fully saturated rings. The van der Waals surface area contributed by atoms with Gasteiger partial charge in [0.05, 0.1) is 32.0 Å². The predicted molar refractivity (Wildman–Crippen MR) is 205 cm³/mol. The molecule has 1 heterocycles. The van der Waals surface area contributed by atoms with E-state index >= 15 is 4.39 Å². The van der Waals surface area contributed by atoms with Gasteiger partial charge in [0.15, 0.2) is 16.6 Å². The molecule has 5 atom stereocenters. The molecule has 0 aliphatic carbocycles. The number of esters is 1. The molecule has 3 aromatic carbocycles. The molecule has 4 rings (SSSR count). The van der Waals surface area contributed by atoms with E-state index in [-0.39, 0.29) is 36.3 Å². The first kappa shape index (κ1) is 41.1. The van der Waals surface area contributed by atoms with Crippen LogP contribution in [0, 0.1) is 0 Å². The lowest BCUT2D eigenvalue weighted by Crippen LogP contribution is -2.66. The lowest BCUT2D eigenvalue weighted by molar-refractivity contribution is -0.287. The minimum atomic E-state index is -2.83. The number of carbonyl (C=O) groups excluding carboxylic acids is 1. The second-order valence-corrected chi connectivity index (χ2v) is 26.2. The number of carbonyl (C=O) groups is 1. The molecule has 1 aliphatic rings. The largest absolute Gasteiger partial charge is 0.457 e. The highest BCUT2D eigenvalue weighted by atomic mass is 28.4. The van der Waals surface area contributed by atoms with Crippen molar-refractivity contribution in [1.82, 2.24) is 0 Å². The maximum atomic E-state index is 17.5. The first-order valence-electron chi connectivity index (χ1n) is 18.0. The van der Waals surface area contributed by atoms with E-state index in [1.807, 2.05) is 91.0 Å². The minimum absolute atomic E-state index is 0.0612. The molecule has 0 radical (unpaired) electrons. The average molecular weight is 739 g/mol. The molecule has 280 valence electrons. The fourth-order valence-electron chi connectivity index (χ4n) is 5.37. The lowest BCUT2D eigenvalue weighted by Gasteiger charge is -2.52. The Morgan fingerprint density at radius 1 is 0.745 bits per heavy atom. The topological polar surface area (TPSA) is 72.5 Å². The molecule has 1 aliphatic heterocycles. The van der Waals surface area contributed by atoms with Crippen molar-refractivity contribution in [1.29, 1.82) is 0 Å². The fraction of sp³-hybridized carbons (Fsp3) is 0.537. The molecule has 1 saturated heterocycles. The zero-order chi connectivity index (χ0) is 37.5. The Balaban J connectivity index is 1.77. The number of alkyl halides is 1. The van der Waals surface area contributed by atoms with Crippen LogP contribution in [-0.2, 0) is 52.4 Å². The first-order valence-corrected chi connectivity index (χ1v) is 23.8. The first-order chi connectivity index (χ1) is 23.8. The van der Waals surface area contributed by atoms with Gasteiger partial charge in [-0.1, -0.05) is 133 Å². The van der Waals surface area contributed by atoms with Gasteiger partial charge >= 0.3 is 11.8 Å². The van der Waals surface area contributed by atoms with Gasteiger partial charge in [-0.2, -0.15) is 4.39 Å². The summed E-state index contributed by atoms with van der Waals surface area (Å²) >= 11 is 0. The van der Waals surface area contributed by atoms with E-state index in [0.717, 1.165) is 16.7 Å². The van der Waals surface area contributed by atoms with Crippen molar-refractivity contribution >= 4 is 22.6 Å². The zero-order valence-electron chi connectivity index (χ0n) is 32.2. The van der Waals surface area contributed by atoms with Gasteiger partial charge in [-0.3, -0.25) is 0 Å². The van der Waals surface area contributed by atoms with E-state index in [1.165, 1.54) is 0 Å². The molecule has 0 N–H and O–H groups in total. The lowest BCUT2D eigenvalue weighted by atomic mass is 9.93. The van der Waals surface area contributed by atoms with Crippen molar-refractivity contribution in [2.45, 2.75) is 134 Å². The van der Waals surface area contributed by atoms with Crippen LogP contribution >= 0.6 is 0 Å². The number of hydrogen-bond acceptors (Lipinski definition) is 7. The molecule has 3 aromatic rings. The summed E-state index contributed by atoms with van der Waals surface area (Å²) in [5.74, 6) is -3.92. The summed E-state index contributed by atoms with van der Waals surface area (Å²) in [6.07, 6.45) is -3.86. The van der Waals surface area contributed by atoms with Crippen molar-refractivity contribution in [2.24, 2.45) is 0 Å². The van der Waals surface area contributed by atoms with Gasteiger partial charge in [0.25, 0.3) is 0 Å². The van der Waals surface area contributed by atoms with Crippen LogP contribution in [0.3, 0.4) is 0 Å². The third-order valence-corrected chi connectivity index (χ3v) is 19.5. The van der Waals surface area contributed by atoms with Crippen LogP contribution in [0.25, 0.3) is 0 Å². The summed E-state index contributed by atoms with van der Waals surface area (Å²) in [5.41, 5.74) is 2.67. The van der Waals surface area contributed by atoms with Gasteiger partial charge < -0.3 is 27.8 Å². The molecule has 0 spiro atoms. The third kappa shape index (κ3) is 11.1. The molecular weight excluding hydrogens is 680 g/mol. The quantitative estimate of drug-likeness (QED) is 0.114. The van der Waals surface area contributed by atoms with E-state index in [0.29, 0.717) is 6.61 Å².